The second-order valence-electron chi connectivity index (χ2n) is 5.79. The molecular weight excluding hydrogens is 304 g/mol. The van der Waals surface area contributed by atoms with E-state index in [-0.39, 0.29) is 12.5 Å². The minimum atomic E-state index is -0.857. The van der Waals surface area contributed by atoms with Crippen molar-refractivity contribution in [3.05, 3.63) is 59.9 Å². The Hall–Kier alpha value is -2.40. The normalized spacial score (nSPS) is 11.1. The third-order valence-electron chi connectivity index (χ3n) is 4.12. The van der Waals surface area contributed by atoms with E-state index in [2.05, 4.69) is 10.3 Å². The molecule has 2 rings (SSSR count). The van der Waals surface area contributed by atoms with Crippen LogP contribution < -0.4 is 10.1 Å². The van der Waals surface area contributed by atoms with E-state index in [0.717, 1.165) is 5.56 Å². The number of amides is 1. The molecule has 2 aromatic rings. The van der Waals surface area contributed by atoms with Gasteiger partial charge in [0.1, 0.15) is 12.4 Å². The van der Waals surface area contributed by atoms with Crippen LogP contribution in [0.1, 0.15) is 42.6 Å². The van der Waals surface area contributed by atoms with E-state index >= 15 is 0 Å². The van der Waals surface area contributed by atoms with Gasteiger partial charge in [0.2, 0.25) is 0 Å². The Morgan fingerprint density at radius 2 is 2.04 bits per heavy atom. The minimum Gasteiger partial charge on any atom is -0.489 e. The number of pyridine rings is 1. The molecule has 1 amide bonds. The number of carbonyl (C=O) groups is 1. The van der Waals surface area contributed by atoms with Crippen molar-refractivity contribution in [3.8, 4) is 5.75 Å². The van der Waals surface area contributed by atoms with Crippen molar-refractivity contribution in [2.24, 2.45) is 0 Å². The van der Waals surface area contributed by atoms with Crippen LogP contribution in [-0.2, 0) is 6.61 Å². The van der Waals surface area contributed by atoms with Gasteiger partial charge >= 0.3 is 0 Å². The summed E-state index contributed by atoms with van der Waals surface area (Å²) in [5.74, 6) is 0.398. The molecule has 0 bridgehead atoms. The van der Waals surface area contributed by atoms with E-state index in [0.29, 0.717) is 30.8 Å². The molecule has 0 radical (unpaired) electrons. The first kappa shape index (κ1) is 17.9. The summed E-state index contributed by atoms with van der Waals surface area (Å²) in [6, 6.07) is 10.8. The third-order valence-corrected chi connectivity index (χ3v) is 4.12. The minimum absolute atomic E-state index is 0.220. The lowest BCUT2D eigenvalue weighted by Crippen LogP contribution is -2.42. The molecule has 0 saturated heterocycles. The topological polar surface area (TPSA) is 71.5 Å². The predicted molar refractivity (Wildman–Crippen MR) is 92.9 cm³/mol. The molecule has 24 heavy (non-hydrogen) atoms. The molecule has 0 aliphatic carbocycles. The highest BCUT2D eigenvalue weighted by Crippen LogP contribution is 2.16. The second-order valence-corrected chi connectivity index (χ2v) is 5.79. The zero-order chi connectivity index (χ0) is 17.4. The number of ether oxygens (including phenoxy) is 1. The summed E-state index contributed by atoms with van der Waals surface area (Å²) in [5, 5.41) is 13.0. The lowest BCUT2D eigenvalue weighted by atomic mass is 9.97. The van der Waals surface area contributed by atoms with Crippen LogP contribution in [0.25, 0.3) is 0 Å². The molecule has 0 saturated carbocycles. The fourth-order valence-corrected chi connectivity index (χ4v) is 2.22. The number of hydrogen-bond acceptors (Lipinski definition) is 4. The van der Waals surface area contributed by atoms with Crippen LogP contribution in [-0.4, -0.2) is 28.1 Å². The average molecular weight is 328 g/mol. The van der Waals surface area contributed by atoms with E-state index in [1.54, 1.807) is 30.6 Å². The van der Waals surface area contributed by atoms with E-state index in [1.807, 2.05) is 32.0 Å². The number of hydrogen-bond donors (Lipinski definition) is 2. The van der Waals surface area contributed by atoms with Crippen LogP contribution in [0.2, 0.25) is 0 Å². The summed E-state index contributed by atoms with van der Waals surface area (Å²) < 4.78 is 5.70. The molecule has 0 aliphatic rings. The van der Waals surface area contributed by atoms with Gasteiger partial charge in [-0.25, -0.2) is 0 Å². The van der Waals surface area contributed by atoms with Crippen molar-refractivity contribution in [3.63, 3.8) is 0 Å². The van der Waals surface area contributed by atoms with Gasteiger partial charge in [-0.1, -0.05) is 26.0 Å². The number of aliphatic hydroxyl groups is 1. The Bertz CT molecular complexity index is 655. The molecule has 128 valence electrons. The fourth-order valence-electron chi connectivity index (χ4n) is 2.22. The number of benzene rings is 1. The highest BCUT2D eigenvalue weighted by Gasteiger charge is 2.23. The Kier molecular flexibility index (Phi) is 6.32. The molecular formula is C19H24N2O3. The zero-order valence-electron chi connectivity index (χ0n) is 14.2. The molecule has 0 spiro atoms. The molecule has 1 heterocycles. The molecule has 2 N–H and O–H groups in total. The van der Waals surface area contributed by atoms with E-state index in [9.17, 15) is 9.90 Å². The monoisotopic (exact) mass is 328 g/mol. The highest BCUT2D eigenvalue weighted by atomic mass is 16.5. The van der Waals surface area contributed by atoms with E-state index in [1.165, 1.54) is 0 Å². The Labute approximate surface area is 142 Å². The van der Waals surface area contributed by atoms with Crippen LogP contribution in [0, 0.1) is 0 Å². The van der Waals surface area contributed by atoms with Crippen LogP contribution in [0.3, 0.4) is 0 Å². The molecule has 1 aromatic carbocycles. The van der Waals surface area contributed by atoms with Crippen LogP contribution in [0.5, 0.6) is 5.75 Å². The molecule has 1 aromatic heterocycles. The first-order valence-corrected chi connectivity index (χ1v) is 8.18. The summed E-state index contributed by atoms with van der Waals surface area (Å²) in [5.41, 5.74) is 0.612. The molecule has 0 aliphatic heterocycles. The third kappa shape index (κ3) is 5.06. The SMILES string of the molecule is CCC(O)(CC)CNC(=O)c1cccc(OCc2cccnc2)c1. The number of carbonyl (C=O) groups excluding carboxylic acids is 1. The summed E-state index contributed by atoms with van der Waals surface area (Å²) in [6.45, 7) is 4.44. The molecule has 0 fully saturated rings. The van der Waals surface area contributed by atoms with Crippen LogP contribution in [0.15, 0.2) is 48.8 Å². The maximum absolute atomic E-state index is 12.3. The number of nitrogens with zero attached hydrogens (tertiary/aromatic N) is 1. The Morgan fingerprint density at radius 3 is 2.71 bits per heavy atom. The number of nitrogens with one attached hydrogen (secondary N) is 1. The van der Waals surface area contributed by atoms with Crippen LogP contribution >= 0.6 is 0 Å². The summed E-state index contributed by atoms with van der Waals surface area (Å²) >= 11 is 0. The largest absolute Gasteiger partial charge is 0.489 e. The molecule has 5 heteroatoms. The smallest absolute Gasteiger partial charge is 0.251 e. The van der Waals surface area contributed by atoms with Crippen molar-refractivity contribution in [1.82, 2.24) is 10.3 Å². The van der Waals surface area contributed by atoms with Crippen molar-refractivity contribution in [2.45, 2.75) is 38.9 Å². The predicted octanol–water partition coefficient (Wildman–Crippen LogP) is 2.94. The van der Waals surface area contributed by atoms with Crippen LogP contribution in [0.4, 0.5) is 0 Å². The quantitative estimate of drug-likeness (QED) is 0.781. The second kappa shape index (κ2) is 8.45. The highest BCUT2D eigenvalue weighted by molar-refractivity contribution is 5.94. The van der Waals surface area contributed by atoms with Gasteiger partial charge in [-0.05, 0) is 37.1 Å². The fraction of sp³-hybridized carbons (Fsp3) is 0.368. The Morgan fingerprint density at radius 1 is 1.25 bits per heavy atom. The number of aromatic nitrogens is 1. The number of rotatable bonds is 8. The van der Waals surface area contributed by atoms with Crippen molar-refractivity contribution in [2.75, 3.05) is 6.54 Å². The summed E-state index contributed by atoms with van der Waals surface area (Å²) in [6.07, 6.45) is 4.64. The molecule has 0 atom stereocenters. The summed E-state index contributed by atoms with van der Waals surface area (Å²) in [4.78, 5) is 16.3. The van der Waals surface area contributed by atoms with Gasteiger partial charge in [0, 0.05) is 30.1 Å². The van der Waals surface area contributed by atoms with Gasteiger partial charge in [0.15, 0.2) is 0 Å². The lowest BCUT2D eigenvalue weighted by Gasteiger charge is -2.25. The average Bonchev–Trinajstić information content (AvgIpc) is 2.65. The maximum Gasteiger partial charge on any atom is 0.251 e. The van der Waals surface area contributed by atoms with Crippen molar-refractivity contribution in [1.29, 1.82) is 0 Å². The Balaban J connectivity index is 1.95. The van der Waals surface area contributed by atoms with Gasteiger partial charge in [0.25, 0.3) is 5.91 Å². The summed E-state index contributed by atoms with van der Waals surface area (Å²) in [7, 11) is 0. The van der Waals surface area contributed by atoms with Gasteiger partial charge < -0.3 is 15.2 Å². The van der Waals surface area contributed by atoms with Gasteiger partial charge in [-0.2, -0.15) is 0 Å². The first-order chi connectivity index (χ1) is 11.6. The van der Waals surface area contributed by atoms with Gasteiger partial charge in [-0.3, -0.25) is 9.78 Å². The van der Waals surface area contributed by atoms with E-state index < -0.39 is 5.60 Å². The maximum atomic E-state index is 12.3. The first-order valence-electron chi connectivity index (χ1n) is 8.18. The van der Waals surface area contributed by atoms with Crippen molar-refractivity contribution >= 4 is 5.91 Å². The molecule has 0 unspecified atom stereocenters. The lowest BCUT2D eigenvalue weighted by molar-refractivity contribution is 0.0314. The van der Waals surface area contributed by atoms with Crippen molar-refractivity contribution < 1.29 is 14.6 Å². The molecule has 5 nitrogen and oxygen atoms in total. The van der Waals surface area contributed by atoms with Gasteiger partial charge in [0.05, 0.1) is 5.60 Å². The zero-order valence-corrected chi connectivity index (χ0v) is 14.2. The standard InChI is InChI=1S/C19H24N2O3/c1-3-19(23,4-2)14-21-18(22)16-8-5-9-17(11-16)24-13-15-7-6-10-20-12-15/h5-12,23H,3-4,13-14H2,1-2H3,(H,21,22). The van der Waals surface area contributed by atoms with E-state index in [4.69, 9.17) is 4.74 Å². The van der Waals surface area contributed by atoms with Gasteiger partial charge in [-0.15, -0.1) is 0 Å².